The average Bonchev–Trinajstić information content (AvgIpc) is 2.72. The van der Waals surface area contributed by atoms with Crippen LogP contribution < -0.4 is 0 Å². The molecule has 1 aliphatic rings. The van der Waals surface area contributed by atoms with Crippen LogP contribution in [-0.2, 0) is 6.42 Å². The van der Waals surface area contributed by atoms with Gasteiger partial charge in [0.15, 0.2) is 0 Å². The molecule has 2 rings (SSSR count). The van der Waals surface area contributed by atoms with Crippen molar-refractivity contribution in [3.05, 3.63) is 22.4 Å². The fourth-order valence-electron chi connectivity index (χ4n) is 1.60. The summed E-state index contributed by atoms with van der Waals surface area (Å²) >= 11 is 3.66. The van der Waals surface area contributed by atoms with Gasteiger partial charge in [0.25, 0.3) is 0 Å². The van der Waals surface area contributed by atoms with Crippen molar-refractivity contribution >= 4 is 23.1 Å². The molecule has 0 saturated carbocycles. The Balaban J connectivity index is 1.85. The Bertz CT molecular complexity index is 250. The van der Waals surface area contributed by atoms with Crippen LogP contribution in [0.1, 0.15) is 17.7 Å². The normalized spacial score (nSPS) is 28.1. The summed E-state index contributed by atoms with van der Waals surface area (Å²) in [5.41, 5.74) is -0.366. The first-order valence-corrected chi connectivity index (χ1v) is 6.64. The molecule has 1 unspecified atom stereocenters. The highest BCUT2D eigenvalue weighted by molar-refractivity contribution is 7.99. The summed E-state index contributed by atoms with van der Waals surface area (Å²) in [5, 5.41) is 12.2. The van der Waals surface area contributed by atoms with Crippen LogP contribution in [0.25, 0.3) is 0 Å². The van der Waals surface area contributed by atoms with Crippen LogP contribution in [-0.4, -0.2) is 22.2 Å². The van der Waals surface area contributed by atoms with Crippen LogP contribution in [0.15, 0.2) is 17.5 Å². The van der Waals surface area contributed by atoms with Gasteiger partial charge in [0, 0.05) is 10.6 Å². The SMILES string of the molecule is OC1(CCc2cccs2)CCSC1. The summed E-state index contributed by atoms with van der Waals surface area (Å²) in [6, 6.07) is 4.23. The maximum absolute atomic E-state index is 10.1. The van der Waals surface area contributed by atoms with Gasteiger partial charge in [0.05, 0.1) is 5.60 Å². The fraction of sp³-hybridized carbons (Fsp3) is 0.600. The van der Waals surface area contributed by atoms with Gasteiger partial charge in [-0.1, -0.05) is 6.07 Å². The molecule has 3 heteroatoms. The zero-order valence-corrected chi connectivity index (χ0v) is 9.16. The molecule has 72 valence electrons. The molecular weight excluding hydrogens is 200 g/mol. The second kappa shape index (κ2) is 4.03. The molecule has 2 heterocycles. The third kappa shape index (κ3) is 2.48. The monoisotopic (exact) mass is 214 g/mol. The van der Waals surface area contributed by atoms with Crippen molar-refractivity contribution in [2.24, 2.45) is 0 Å². The second-order valence-corrected chi connectivity index (χ2v) is 5.74. The van der Waals surface area contributed by atoms with E-state index in [0.29, 0.717) is 0 Å². The second-order valence-electron chi connectivity index (χ2n) is 3.61. The zero-order chi connectivity index (χ0) is 9.15. The predicted octanol–water partition coefficient (Wildman–Crippen LogP) is 2.55. The molecule has 1 aromatic rings. The van der Waals surface area contributed by atoms with Crippen molar-refractivity contribution in [3.8, 4) is 0 Å². The molecule has 1 nitrogen and oxygen atoms in total. The summed E-state index contributed by atoms with van der Waals surface area (Å²) in [4.78, 5) is 1.39. The Kier molecular flexibility index (Phi) is 2.96. The molecule has 0 aromatic carbocycles. The van der Waals surface area contributed by atoms with Gasteiger partial charge in [0.2, 0.25) is 0 Å². The zero-order valence-electron chi connectivity index (χ0n) is 7.53. The van der Waals surface area contributed by atoms with E-state index in [9.17, 15) is 5.11 Å². The van der Waals surface area contributed by atoms with E-state index >= 15 is 0 Å². The van der Waals surface area contributed by atoms with E-state index in [0.717, 1.165) is 30.8 Å². The summed E-state index contributed by atoms with van der Waals surface area (Å²) in [5.74, 6) is 2.05. The minimum atomic E-state index is -0.366. The lowest BCUT2D eigenvalue weighted by Crippen LogP contribution is -2.28. The summed E-state index contributed by atoms with van der Waals surface area (Å²) < 4.78 is 0. The molecule has 1 aliphatic heterocycles. The highest BCUT2D eigenvalue weighted by Crippen LogP contribution is 2.31. The summed E-state index contributed by atoms with van der Waals surface area (Å²) in [6.45, 7) is 0. The number of aryl methyl sites for hydroxylation is 1. The molecule has 1 aromatic heterocycles. The maximum Gasteiger partial charge on any atom is 0.0749 e. The molecule has 13 heavy (non-hydrogen) atoms. The van der Waals surface area contributed by atoms with Gasteiger partial charge in [-0.3, -0.25) is 0 Å². The summed E-state index contributed by atoms with van der Waals surface area (Å²) in [6.07, 6.45) is 2.94. The molecule has 1 fully saturated rings. The van der Waals surface area contributed by atoms with E-state index in [1.54, 1.807) is 11.3 Å². The van der Waals surface area contributed by atoms with Crippen molar-refractivity contribution in [1.29, 1.82) is 0 Å². The molecule has 0 spiro atoms. The quantitative estimate of drug-likeness (QED) is 0.834. The first-order valence-electron chi connectivity index (χ1n) is 4.61. The molecule has 0 amide bonds. The van der Waals surface area contributed by atoms with E-state index < -0.39 is 0 Å². The van der Waals surface area contributed by atoms with Gasteiger partial charge in [0.1, 0.15) is 0 Å². The predicted molar refractivity (Wildman–Crippen MR) is 59.5 cm³/mol. The minimum Gasteiger partial charge on any atom is -0.389 e. The maximum atomic E-state index is 10.1. The van der Waals surface area contributed by atoms with Crippen LogP contribution in [0.3, 0.4) is 0 Å². The Morgan fingerprint density at radius 1 is 1.54 bits per heavy atom. The van der Waals surface area contributed by atoms with E-state index in [2.05, 4.69) is 17.5 Å². The van der Waals surface area contributed by atoms with Gasteiger partial charge < -0.3 is 5.11 Å². The van der Waals surface area contributed by atoms with Crippen molar-refractivity contribution < 1.29 is 5.11 Å². The number of thiophene rings is 1. The molecular formula is C10H14OS2. The van der Waals surface area contributed by atoms with E-state index in [4.69, 9.17) is 0 Å². The number of hydrogen-bond acceptors (Lipinski definition) is 3. The smallest absolute Gasteiger partial charge is 0.0749 e. The Labute approximate surface area is 87.2 Å². The highest BCUT2D eigenvalue weighted by Gasteiger charge is 2.30. The number of aliphatic hydroxyl groups is 1. The minimum absolute atomic E-state index is 0.366. The Morgan fingerprint density at radius 2 is 2.46 bits per heavy atom. The van der Waals surface area contributed by atoms with Crippen LogP contribution in [0.4, 0.5) is 0 Å². The Morgan fingerprint density at radius 3 is 3.08 bits per heavy atom. The van der Waals surface area contributed by atoms with E-state index in [1.807, 2.05) is 11.8 Å². The Hall–Kier alpha value is 0.01000. The molecule has 0 bridgehead atoms. The van der Waals surface area contributed by atoms with Crippen molar-refractivity contribution in [3.63, 3.8) is 0 Å². The van der Waals surface area contributed by atoms with Crippen molar-refractivity contribution in [2.45, 2.75) is 24.9 Å². The highest BCUT2D eigenvalue weighted by atomic mass is 32.2. The fourth-order valence-corrected chi connectivity index (χ4v) is 3.65. The molecule has 1 N–H and O–H groups in total. The van der Waals surface area contributed by atoms with Gasteiger partial charge in [-0.05, 0) is 36.5 Å². The standard InChI is InChI=1S/C10H14OS2/c11-10(5-7-12-8-10)4-3-9-2-1-6-13-9/h1-2,6,11H,3-5,7-8H2. The van der Waals surface area contributed by atoms with Gasteiger partial charge in [-0.25, -0.2) is 0 Å². The first-order chi connectivity index (χ1) is 6.29. The van der Waals surface area contributed by atoms with E-state index in [-0.39, 0.29) is 5.60 Å². The average molecular weight is 214 g/mol. The van der Waals surface area contributed by atoms with Crippen molar-refractivity contribution in [1.82, 2.24) is 0 Å². The van der Waals surface area contributed by atoms with Gasteiger partial charge in [-0.2, -0.15) is 11.8 Å². The first kappa shape index (κ1) is 9.56. The molecule has 0 radical (unpaired) electrons. The number of thioether (sulfide) groups is 1. The molecule has 0 aliphatic carbocycles. The van der Waals surface area contributed by atoms with Crippen LogP contribution in [0, 0.1) is 0 Å². The lowest BCUT2D eigenvalue weighted by atomic mass is 9.97. The largest absolute Gasteiger partial charge is 0.389 e. The van der Waals surface area contributed by atoms with Crippen LogP contribution >= 0.6 is 23.1 Å². The molecule has 1 atom stereocenters. The van der Waals surface area contributed by atoms with E-state index in [1.165, 1.54) is 4.88 Å². The third-order valence-corrected chi connectivity index (χ3v) is 4.67. The number of hydrogen-bond donors (Lipinski definition) is 1. The lowest BCUT2D eigenvalue weighted by Gasteiger charge is -2.20. The third-order valence-electron chi connectivity index (χ3n) is 2.50. The molecule has 1 saturated heterocycles. The van der Waals surface area contributed by atoms with Crippen LogP contribution in [0.2, 0.25) is 0 Å². The van der Waals surface area contributed by atoms with Gasteiger partial charge in [-0.15, -0.1) is 11.3 Å². The van der Waals surface area contributed by atoms with Gasteiger partial charge >= 0.3 is 0 Å². The summed E-state index contributed by atoms with van der Waals surface area (Å²) in [7, 11) is 0. The lowest BCUT2D eigenvalue weighted by molar-refractivity contribution is 0.0595. The van der Waals surface area contributed by atoms with Crippen LogP contribution in [0.5, 0.6) is 0 Å². The topological polar surface area (TPSA) is 20.2 Å². The number of rotatable bonds is 3. The van der Waals surface area contributed by atoms with Crippen molar-refractivity contribution in [2.75, 3.05) is 11.5 Å².